The van der Waals surface area contributed by atoms with Crippen LogP contribution in [-0.2, 0) is 19.6 Å². The van der Waals surface area contributed by atoms with E-state index in [2.05, 4.69) is 0 Å². The van der Waals surface area contributed by atoms with Crippen molar-refractivity contribution in [2.75, 3.05) is 19.6 Å². The maximum Gasteiger partial charge on any atom is 0.305 e. The van der Waals surface area contributed by atoms with E-state index in [9.17, 15) is 18.0 Å². The number of hydrogen-bond donors (Lipinski definition) is 1. The molecule has 2 atom stereocenters. The highest BCUT2D eigenvalue weighted by Gasteiger charge is 2.38. The Balaban J connectivity index is 1.72. The molecule has 2 saturated heterocycles. The molecule has 0 aliphatic carbocycles. The van der Waals surface area contributed by atoms with Crippen LogP contribution in [0.3, 0.4) is 0 Å². The fraction of sp³-hybridized carbons (Fsp3) is 0.579. The molecule has 1 N–H and O–H groups in total. The third-order valence-corrected chi connectivity index (χ3v) is 7.34. The van der Waals surface area contributed by atoms with E-state index >= 15 is 0 Å². The van der Waals surface area contributed by atoms with E-state index in [0.29, 0.717) is 32.4 Å². The predicted molar refractivity (Wildman–Crippen MR) is 99.6 cm³/mol. The third-order valence-electron chi connectivity index (χ3n) is 5.46. The van der Waals surface area contributed by atoms with Gasteiger partial charge < -0.3 is 10.0 Å². The average molecular weight is 394 g/mol. The Morgan fingerprint density at radius 3 is 2.44 bits per heavy atom. The van der Waals surface area contributed by atoms with Crippen LogP contribution in [0.1, 0.15) is 37.7 Å². The molecule has 0 aromatic heterocycles. The van der Waals surface area contributed by atoms with E-state index in [1.165, 1.54) is 4.31 Å². The van der Waals surface area contributed by atoms with Gasteiger partial charge in [0, 0.05) is 25.7 Å². The summed E-state index contributed by atoms with van der Waals surface area (Å²) in [5.74, 6) is -1.43. The number of carboxylic acids is 1. The molecule has 2 heterocycles. The number of piperidine rings is 1. The normalized spacial score (nSPS) is 24.1. The van der Waals surface area contributed by atoms with Crippen LogP contribution >= 0.6 is 0 Å². The molecule has 0 bridgehead atoms. The van der Waals surface area contributed by atoms with Gasteiger partial charge in [0.15, 0.2) is 0 Å². The Labute approximate surface area is 160 Å². The summed E-state index contributed by atoms with van der Waals surface area (Å²) in [4.78, 5) is 25.9. The Bertz CT molecular complexity index is 806. The SMILES string of the molecule is Cc1ccc(S(=O)(=O)N2CCCC(C(=O)N3CCCC3CC(=O)O)C2)cc1. The van der Waals surface area contributed by atoms with Crippen molar-refractivity contribution in [1.82, 2.24) is 9.21 Å². The van der Waals surface area contributed by atoms with E-state index in [4.69, 9.17) is 5.11 Å². The van der Waals surface area contributed by atoms with Gasteiger partial charge in [0.2, 0.25) is 15.9 Å². The summed E-state index contributed by atoms with van der Waals surface area (Å²) in [6, 6.07) is 6.44. The fourth-order valence-corrected chi connectivity index (χ4v) is 5.52. The van der Waals surface area contributed by atoms with Gasteiger partial charge in [-0.15, -0.1) is 0 Å². The second-order valence-corrected chi connectivity index (χ2v) is 9.38. The van der Waals surface area contributed by atoms with E-state index < -0.39 is 21.9 Å². The number of benzene rings is 1. The fourth-order valence-electron chi connectivity index (χ4n) is 4.00. The Kier molecular flexibility index (Phi) is 5.86. The molecular formula is C19H26N2O5S. The summed E-state index contributed by atoms with van der Waals surface area (Å²) >= 11 is 0. The largest absolute Gasteiger partial charge is 0.481 e. The second kappa shape index (κ2) is 7.98. The Morgan fingerprint density at radius 1 is 1.11 bits per heavy atom. The molecule has 2 aliphatic rings. The Morgan fingerprint density at radius 2 is 1.78 bits per heavy atom. The lowest BCUT2D eigenvalue weighted by Crippen LogP contribution is -2.48. The average Bonchev–Trinajstić information content (AvgIpc) is 3.09. The molecule has 1 aromatic carbocycles. The zero-order valence-corrected chi connectivity index (χ0v) is 16.3. The number of aryl methyl sites for hydroxylation is 1. The second-order valence-electron chi connectivity index (χ2n) is 7.44. The molecule has 2 fully saturated rings. The highest BCUT2D eigenvalue weighted by molar-refractivity contribution is 7.89. The maximum absolute atomic E-state index is 13.0. The number of hydrogen-bond acceptors (Lipinski definition) is 4. The predicted octanol–water partition coefficient (Wildman–Crippen LogP) is 1.86. The van der Waals surface area contributed by atoms with Crippen LogP contribution in [0.2, 0.25) is 0 Å². The molecule has 27 heavy (non-hydrogen) atoms. The van der Waals surface area contributed by atoms with E-state index in [-0.39, 0.29) is 29.8 Å². The number of amides is 1. The van der Waals surface area contributed by atoms with E-state index in [1.54, 1.807) is 29.2 Å². The summed E-state index contributed by atoms with van der Waals surface area (Å²) in [6.07, 6.45) is 2.69. The quantitative estimate of drug-likeness (QED) is 0.823. The molecule has 1 amide bonds. The van der Waals surface area contributed by atoms with Gasteiger partial charge in [-0.25, -0.2) is 8.42 Å². The molecule has 8 heteroatoms. The van der Waals surface area contributed by atoms with Crippen LogP contribution in [0, 0.1) is 12.8 Å². The number of carbonyl (C=O) groups is 2. The van der Waals surface area contributed by atoms with Crippen LogP contribution in [0.4, 0.5) is 0 Å². The monoisotopic (exact) mass is 394 g/mol. The smallest absolute Gasteiger partial charge is 0.305 e. The minimum absolute atomic E-state index is 0.0517. The van der Waals surface area contributed by atoms with Gasteiger partial charge in [-0.3, -0.25) is 9.59 Å². The number of rotatable bonds is 5. The van der Waals surface area contributed by atoms with Gasteiger partial charge in [0.25, 0.3) is 0 Å². The van der Waals surface area contributed by atoms with E-state index in [0.717, 1.165) is 12.0 Å². The summed E-state index contributed by atoms with van der Waals surface area (Å²) in [6.45, 7) is 3.01. The number of likely N-dealkylation sites (tertiary alicyclic amines) is 1. The standard InChI is InChI=1S/C19H26N2O5S/c1-14-6-8-17(9-7-14)27(25,26)20-10-2-4-15(13-20)19(24)21-11-3-5-16(21)12-18(22)23/h6-9,15-16H,2-5,10-13H2,1H3,(H,22,23). The van der Waals surface area contributed by atoms with Gasteiger partial charge in [0.1, 0.15) is 0 Å². The van der Waals surface area contributed by atoms with Crippen LogP contribution in [0.15, 0.2) is 29.2 Å². The van der Waals surface area contributed by atoms with Crippen molar-refractivity contribution < 1.29 is 23.1 Å². The molecule has 2 unspecified atom stereocenters. The molecule has 7 nitrogen and oxygen atoms in total. The first-order chi connectivity index (χ1) is 12.8. The summed E-state index contributed by atoms with van der Waals surface area (Å²) in [7, 11) is -3.63. The van der Waals surface area contributed by atoms with Crippen molar-refractivity contribution in [3.05, 3.63) is 29.8 Å². The molecule has 1 aromatic rings. The molecular weight excluding hydrogens is 368 g/mol. The van der Waals surface area contributed by atoms with Crippen LogP contribution < -0.4 is 0 Å². The molecule has 2 aliphatic heterocycles. The lowest BCUT2D eigenvalue weighted by atomic mass is 9.97. The zero-order valence-electron chi connectivity index (χ0n) is 15.5. The molecule has 0 saturated carbocycles. The summed E-state index contributed by atoms with van der Waals surface area (Å²) in [5, 5.41) is 9.05. The minimum atomic E-state index is -3.63. The zero-order chi connectivity index (χ0) is 19.6. The third kappa shape index (κ3) is 4.32. The minimum Gasteiger partial charge on any atom is -0.481 e. The Hall–Kier alpha value is -1.93. The number of carbonyl (C=O) groups excluding carboxylic acids is 1. The van der Waals surface area contributed by atoms with Crippen molar-refractivity contribution in [1.29, 1.82) is 0 Å². The highest BCUT2D eigenvalue weighted by Crippen LogP contribution is 2.28. The van der Waals surface area contributed by atoms with Gasteiger partial charge in [-0.1, -0.05) is 17.7 Å². The lowest BCUT2D eigenvalue weighted by Gasteiger charge is -2.34. The van der Waals surface area contributed by atoms with Crippen LogP contribution in [0.25, 0.3) is 0 Å². The van der Waals surface area contributed by atoms with Crippen molar-refractivity contribution in [2.45, 2.75) is 50.0 Å². The molecule has 148 valence electrons. The van der Waals surface area contributed by atoms with Crippen molar-refractivity contribution in [2.24, 2.45) is 5.92 Å². The molecule has 0 spiro atoms. The summed E-state index contributed by atoms with van der Waals surface area (Å²) < 4.78 is 27.2. The maximum atomic E-state index is 13.0. The van der Waals surface area contributed by atoms with Crippen LogP contribution in [-0.4, -0.2) is 60.3 Å². The van der Waals surface area contributed by atoms with Gasteiger partial charge in [-0.2, -0.15) is 4.31 Å². The topological polar surface area (TPSA) is 95.0 Å². The number of aliphatic carboxylic acids is 1. The first kappa shape index (κ1) is 19.8. The van der Waals surface area contributed by atoms with Gasteiger partial charge >= 0.3 is 5.97 Å². The number of nitrogens with zero attached hydrogens (tertiary/aromatic N) is 2. The number of sulfonamides is 1. The van der Waals surface area contributed by atoms with E-state index in [1.807, 2.05) is 6.92 Å². The van der Waals surface area contributed by atoms with Gasteiger partial charge in [0.05, 0.1) is 17.2 Å². The van der Waals surface area contributed by atoms with Crippen molar-refractivity contribution in [3.8, 4) is 0 Å². The lowest BCUT2D eigenvalue weighted by molar-refractivity contribution is -0.141. The summed E-state index contributed by atoms with van der Waals surface area (Å²) in [5.41, 5.74) is 0.985. The highest BCUT2D eigenvalue weighted by atomic mass is 32.2. The first-order valence-corrected chi connectivity index (χ1v) is 10.8. The van der Waals surface area contributed by atoms with Gasteiger partial charge in [-0.05, 0) is 44.7 Å². The van der Waals surface area contributed by atoms with Crippen molar-refractivity contribution >= 4 is 21.9 Å². The first-order valence-electron chi connectivity index (χ1n) is 9.38. The van der Waals surface area contributed by atoms with Crippen molar-refractivity contribution in [3.63, 3.8) is 0 Å². The van der Waals surface area contributed by atoms with Crippen LogP contribution in [0.5, 0.6) is 0 Å². The number of carboxylic acid groups (broad SMARTS) is 1. The molecule has 0 radical (unpaired) electrons. The molecule has 3 rings (SSSR count).